The Hall–Kier alpha value is -0.110. The lowest BCUT2D eigenvalue weighted by atomic mass is 10.0. The van der Waals surface area contributed by atoms with E-state index in [1.807, 2.05) is 0 Å². The number of ether oxygens (including phenoxy) is 3. The first-order chi connectivity index (χ1) is 31.5. The second-order valence-electron chi connectivity index (χ2n) is 18.5. The van der Waals surface area contributed by atoms with Gasteiger partial charge in [0, 0.05) is 0 Å². The van der Waals surface area contributed by atoms with Crippen LogP contribution in [0.15, 0.2) is 0 Å². The zero-order chi connectivity index (χ0) is 46.5. The van der Waals surface area contributed by atoms with Crippen LogP contribution < -0.4 is 0 Å². The molecule has 64 heavy (non-hydrogen) atoms. The second-order valence-corrected chi connectivity index (χ2v) is 28.3. The molecule has 0 heterocycles. The lowest BCUT2D eigenvalue weighted by Gasteiger charge is -2.15. The third-order valence-electron chi connectivity index (χ3n) is 12.1. The maximum absolute atomic E-state index is 12.7. The van der Waals surface area contributed by atoms with Crippen LogP contribution in [0.3, 0.4) is 0 Å². The van der Waals surface area contributed by atoms with E-state index in [-0.39, 0.29) is 35.2 Å². The van der Waals surface area contributed by atoms with E-state index in [0.29, 0.717) is 19.8 Å². The van der Waals surface area contributed by atoms with Gasteiger partial charge in [0.2, 0.25) is 0 Å². The minimum absolute atomic E-state index is 0.214. The van der Waals surface area contributed by atoms with Gasteiger partial charge < -0.3 is 14.2 Å². The molecular weight excluding hydrogens is 872 g/mol. The summed E-state index contributed by atoms with van der Waals surface area (Å²) in [5.41, 5.74) is -0.926. The van der Waals surface area contributed by atoms with Gasteiger partial charge in [-0.25, -0.2) is 0 Å². The summed E-state index contributed by atoms with van der Waals surface area (Å²) in [5.74, 6) is 0.0448. The Morgan fingerprint density at radius 3 is 0.594 bits per heavy atom. The maximum atomic E-state index is 12.7. The number of unbranched alkanes of at least 4 members (excludes halogenated alkanes) is 39. The molecule has 0 saturated heterocycles. The molecule has 0 saturated carbocycles. The molecule has 0 N–H and O–H groups in total. The Bertz CT molecular complexity index is 856. The molecule has 0 unspecified atom stereocenters. The molecule has 0 rings (SSSR count). The molecule has 0 aliphatic rings. The van der Waals surface area contributed by atoms with E-state index in [2.05, 4.69) is 20.8 Å². The molecule has 0 aliphatic heterocycles. The molecule has 0 aliphatic carbocycles. The fourth-order valence-corrected chi connectivity index (χ4v) is 16.5. The van der Waals surface area contributed by atoms with Crippen molar-refractivity contribution < 1.29 is 28.6 Å². The van der Waals surface area contributed by atoms with Gasteiger partial charge in [0.25, 0.3) is 0 Å². The van der Waals surface area contributed by atoms with E-state index in [0.717, 1.165) is 38.5 Å². The van der Waals surface area contributed by atoms with Crippen molar-refractivity contribution in [1.82, 2.24) is 0 Å². The number of carbonyl (C=O) groups is 3. The molecule has 0 aromatic rings. The van der Waals surface area contributed by atoms with Gasteiger partial charge in [-0.3, -0.25) is 14.4 Å². The molecule has 0 fully saturated rings. The van der Waals surface area contributed by atoms with Crippen LogP contribution in [0.5, 0.6) is 0 Å². The van der Waals surface area contributed by atoms with Gasteiger partial charge >= 0.3 is 17.9 Å². The van der Waals surface area contributed by atoms with Crippen molar-refractivity contribution in [3.05, 3.63) is 0 Å². The molecule has 10 heteroatoms. The highest BCUT2D eigenvalue weighted by Crippen LogP contribution is 2.70. The smallest absolute Gasteiger partial charge is 0.316 e. The Morgan fingerprint density at radius 2 is 0.422 bits per heavy atom. The van der Waals surface area contributed by atoms with Crippen molar-refractivity contribution >= 4 is 57.6 Å². The van der Waals surface area contributed by atoms with Gasteiger partial charge in [-0.2, -0.15) is 0 Å². The molecule has 0 bridgehead atoms. The van der Waals surface area contributed by atoms with Crippen molar-refractivity contribution in [2.45, 2.75) is 290 Å². The summed E-state index contributed by atoms with van der Waals surface area (Å²) in [6, 6.07) is 0. The van der Waals surface area contributed by atoms with Crippen molar-refractivity contribution in [3.63, 3.8) is 0 Å². The van der Waals surface area contributed by atoms with Gasteiger partial charge in [-0.05, 0) is 19.3 Å². The first-order valence-electron chi connectivity index (χ1n) is 27.7. The highest BCUT2D eigenvalue weighted by Gasteiger charge is 2.19. The topological polar surface area (TPSA) is 78.9 Å². The third kappa shape index (κ3) is 52.9. The summed E-state index contributed by atoms with van der Waals surface area (Å²) in [4.78, 5) is 38.0. The first-order valence-corrected chi connectivity index (χ1v) is 33.8. The summed E-state index contributed by atoms with van der Waals surface area (Å²) in [6.07, 6.45) is 54.5. The number of hydrogen-bond acceptors (Lipinski definition) is 9. The molecule has 380 valence electrons. The summed E-state index contributed by atoms with van der Waals surface area (Å²) in [7, 11) is 0. The standard InChI is InChI=1S/C54H105O6PS3/c1-4-7-10-13-16-19-22-25-28-31-34-37-40-43-46-58-52(55)49-62-61(63-50-53(56)59-47-44-41-38-35-32-29-26-23-20-17-14-11-8-5-2)64-51-54(57)60-48-45-42-39-36-33-30-27-24-21-18-15-12-9-6-3/h4-51H2,1-3H3. The molecule has 0 amide bonds. The van der Waals surface area contributed by atoms with Crippen LogP contribution >= 0.6 is 39.7 Å². The van der Waals surface area contributed by atoms with Gasteiger partial charge in [-0.1, -0.05) is 271 Å². The minimum atomic E-state index is -0.926. The number of esters is 3. The van der Waals surface area contributed by atoms with E-state index in [1.54, 1.807) is 0 Å². The van der Waals surface area contributed by atoms with Crippen LogP contribution in [0, 0.1) is 0 Å². The Kier molecular flexibility index (Phi) is 55.4. The SMILES string of the molecule is CCCCCCCCCCCCCCCCOC(=O)CSP(SCC(=O)OCCCCCCCCCCCCCCCC)SCC(=O)OCCCCCCCCCCCCCCCC. The van der Waals surface area contributed by atoms with Crippen LogP contribution in [0.1, 0.15) is 290 Å². The average Bonchev–Trinajstić information content (AvgIpc) is 3.29. The first kappa shape index (κ1) is 63.9. The molecule has 0 spiro atoms. The average molecular weight is 978 g/mol. The summed E-state index contributed by atoms with van der Waals surface area (Å²) in [5, 5.41) is 0. The highest BCUT2D eigenvalue weighted by atomic mass is 33.4. The minimum Gasteiger partial charge on any atom is -0.465 e. The molecular formula is C54H105O6PS3. The Morgan fingerprint density at radius 1 is 0.266 bits per heavy atom. The van der Waals surface area contributed by atoms with Crippen LogP contribution in [-0.2, 0) is 28.6 Å². The van der Waals surface area contributed by atoms with Crippen molar-refractivity contribution in [2.24, 2.45) is 0 Å². The molecule has 6 nitrogen and oxygen atoms in total. The van der Waals surface area contributed by atoms with Gasteiger partial charge in [0.05, 0.1) is 42.6 Å². The van der Waals surface area contributed by atoms with Gasteiger partial charge in [0.15, 0.2) is 0 Å². The summed E-state index contributed by atoms with van der Waals surface area (Å²) >= 11 is 4.50. The zero-order valence-corrected chi connectivity index (χ0v) is 45.9. The predicted octanol–water partition coefficient (Wildman–Crippen LogP) is 19.5. The molecule has 0 radical (unpaired) electrons. The Labute approximate surface area is 411 Å². The maximum Gasteiger partial charge on any atom is 0.316 e. The fourth-order valence-electron chi connectivity index (χ4n) is 8.00. The van der Waals surface area contributed by atoms with E-state index < -0.39 is 5.53 Å². The number of carbonyl (C=O) groups excluding carboxylic acids is 3. The fraction of sp³-hybridized carbons (Fsp3) is 0.944. The van der Waals surface area contributed by atoms with E-state index in [1.165, 1.54) is 265 Å². The van der Waals surface area contributed by atoms with Crippen molar-refractivity contribution in [3.8, 4) is 0 Å². The van der Waals surface area contributed by atoms with E-state index in [9.17, 15) is 14.4 Å². The van der Waals surface area contributed by atoms with E-state index >= 15 is 0 Å². The van der Waals surface area contributed by atoms with Gasteiger partial charge in [-0.15, -0.1) is 34.1 Å². The zero-order valence-electron chi connectivity index (χ0n) is 42.6. The van der Waals surface area contributed by atoms with Crippen LogP contribution in [0.4, 0.5) is 0 Å². The van der Waals surface area contributed by atoms with Gasteiger partial charge in [0.1, 0.15) is 0 Å². The molecule has 0 aromatic heterocycles. The monoisotopic (exact) mass is 977 g/mol. The normalized spacial score (nSPS) is 11.4. The van der Waals surface area contributed by atoms with Crippen LogP contribution in [0.2, 0.25) is 0 Å². The molecule has 0 atom stereocenters. The highest BCUT2D eigenvalue weighted by molar-refractivity contribution is 9.12. The third-order valence-corrected chi connectivity index (χ3v) is 22.6. The number of rotatable bonds is 54. The summed E-state index contributed by atoms with van der Waals surface area (Å²) in [6.45, 7) is 8.22. The largest absolute Gasteiger partial charge is 0.465 e. The quantitative estimate of drug-likeness (QED) is 0.0256. The van der Waals surface area contributed by atoms with Crippen LogP contribution in [-0.4, -0.2) is 55.0 Å². The predicted molar refractivity (Wildman–Crippen MR) is 288 cm³/mol. The number of hydrogen-bond donors (Lipinski definition) is 0. The van der Waals surface area contributed by atoms with Crippen LogP contribution in [0.25, 0.3) is 0 Å². The van der Waals surface area contributed by atoms with Crippen molar-refractivity contribution in [1.29, 1.82) is 0 Å². The lowest BCUT2D eigenvalue weighted by molar-refractivity contribution is -0.141. The lowest BCUT2D eigenvalue weighted by Crippen LogP contribution is -2.10. The molecule has 0 aromatic carbocycles. The Balaban J connectivity index is 4.29. The summed E-state index contributed by atoms with van der Waals surface area (Å²) < 4.78 is 16.7. The van der Waals surface area contributed by atoms with E-state index in [4.69, 9.17) is 14.2 Å². The second kappa shape index (κ2) is 55.5. The van der Waals surface area contributed by atoms with Crippen molar-refractivity contribution in [2.75, 3.05) is 37.1 Å².